The second-order valence-corrected chi connectivity index (χ2v) is 21.3. The zero-order chi connectivity index (χ0) is 58.1. The topological polar surface area (TPSA) is 287 Å². The largest absolute Gasteiger partial charge is 0.477 e. The Morgan fingerprint density at radius 2 is 1.00 bits per heavy atom. The Labute approximate surface area is 487 Å². The molecule has 2 fully saturated rings. The smallest absolute Gasteiger partial charge is 0.345 e. The van der Waals surface area contributed by atoms with Gasteiger partial charge in [-0.05, 0) is 36.4 Å². The molecule has 2 saturated heterocycles. The summed E-state index contributed by atoms with van der Waals surface area (Å²) in [6.07, 6.45) is -3.61. The lowest BCUT2D eigenvalue weighted by Gasteiger charge is -2.24. The summed E-state index contributed by atoms with van der Waals surface area (Å²) in [5.74, 6) is -7.83. The van der Waals surface area contributed by atoms with Crippen molar-refractivity contribution in [3.63, 3.8) is 0 Å². The highest BCUT2D eigenvalue weighted by molar-refractivity contribution is 7.21. The van der Waals surface area contributed by atoms with Crippen LogP contribution in [0, 0.1) is 11.6 Å². The molecule has 4 atom stereocenters. The summed E-state index contributed by atoms with van der Waals surface area (Å²) in [4.78, 5) is 103. The van der Waals surface area contributed by atoms with Crippen molar-refractivity contribution in [2.45, 2.75) is 65.2 Å². The number of likely N-dealkylation sites (tertiary alicyclic amines) is 2. The number of hydrogen-bond acceptors (Lipinski definition) is 12. The van der Waals surface area contributed by atoms with Crippen LogP contribution < -0.4 is 27.4 Å². The summed E-state index contributed by atoms with van der Waals surface area (Å²) in [6, 6.07) is 22.3. The van der Waals surface area contributed by atoms with E-state index in [0.29, 0.717) is 31.4 Å². The van der Waals surface area contributed by atoms with Crippen LogP contribution in [0.2, 0.25) is 10.0 Å². The Morgan fingerprint density at radius 3 is 1.39 bits per heavy atom. The number of carboxylic acids is 1. The highest BCUT2D eigenvalue weighted by Gasteiger charge is 2.42. The molecule has 10 rings (SSSR count). The maximum absolute atomic E-state index is 15.4. The van der Waals surface area contributed by atoms with E-state index >= 15 is 8.78 Å². The second-order valence-electron chi connectivity index (χ2n) is 18.3. The van der Waals surface area contributed by atoms with Crippen LogP contribution >= 0.6 is 45.9 Å². The fraction of sp³-hybridized carbons (Fsp3) is 0.236. The Bertz CT molecular complexity index is 3890. The van der Waals surface area contributed by atoms with Gasteiger partial charge in [-0.15, -0.1) is 22.7 Å². The number of alkyl halides is 2. The van der Waals surface area contributed by atoms with Gasteiger partial charge in [0.15, 0.2) is 23.0 Å². The predicted molar refractivity (Wildman–Crippen MR) is 307 cm³/mol. The molecule has 0 saturated carbocycles. The average molecular weight is 1220 g/mol. The predicted octanol–water partition coefficient (Wildman–Crippen LogP) is 8.80. The average Bonchev–Trinajstić information content (AvgIpc) is 4.29. The van der Waals surface area contributed by atoms with E-state index in [4.69, 9.17) is 34.7 Å². The van der Waals surface area contributed by atoms with E-state index in [1.54, 1.807) is 54.6 Å². The number of benzene rings is 4. The Hall–Kier alpha value is -8.72. The van der Waals surface area contributed by atoms with Gasteiger partial charge in [0, 0.05) is 52.2 Å². The van der Waals surface area contributed by atoms with E-state index in [1.807, 2.05) is 0 Å². The van der Waals surface area contributed by atoms with Crippen molar-refractivity contribution in [3.8, 4) is 22.3 Å². The van der Waals surface area contributed by atoms with Crippen LogP contribution in [0.3, 0.4) is 0 Å². The van der Waals surface area contributed by atoms with Gasteiger partial charge in [-0.3, -0.25) is 42.9 Å². The van der Waals surface area contributed by atoms with Gasteiger partial charge in [-0.1, -0.05) is 98.7 Å². The SMILES string of the molecule is C.C.CNC(=O)c1cc2c(s1)c(C(N)=O)nn2CC(=O)N1C[C@H](F)C[C@H]1C(=O)Nc1cccc(-c2ccccc2Cl)c1F.NC(=O)c1nn(CC(=O)N2C[C@H](F)C[C@H]2C(=O)Nc2cccc(-c3ccccc3Cl)c2F)c2cc(C(=O)O)sc12. The molecule has 4 aromatic heterocycles. The lowest BCUT2D eigenvalue weighted by molar-refractivity contribution is -0.137. The van der Waals surface area contributed by atoms with Crippen LogP contribution in [0.25, 0.3) is 42.7 Å². The Balaban J connectivity index is 0.000000233. The molecule has 0 spiro atoms. The first-order valence-electron chi connectivity index (χ1n) is 24.2. The number of anilines is 2. The number of carbonyl (C=O) groups is 8. The third-order valence-electron chi connectivity index (χ3n) is 13.1. The molecule has 0 unspecified atom stereocenters. The number of carbonyl (C=O) groups excluding carboxylic acids is 7. The first-order valence-corrected chi connectivity index (χ1v) is 26.6. The molecule has 4 aromatic carbocycles. The minimum atomic E-state index is -1.52. The number of nitrogens with one attached hydrogen (secondary N) is 3. The lowest BCUT2D eigenvalue weighted by atomic mass is 10.0. The Kier molecular flexibility index (Phi) is 19.1. The molecule has 434 valence electrons. The minimum Gasteiger partial charge on any atom is -0.477 e. The third-order valence-corrected chi connectivity index (χ3v) is 16.0. The number of nitrogens with zero attached hydrogens (tertiary/aromatic N) is 6. The number of aromatic carboxylic acids is 1. The van der Waals surface area contributed by atoms with Gasteiger partial charge in [-0.2, -0.15) is 10.2 Å². The quantitative estimate of drug-likeness (QED) is 0.0559. The minimum absolute atomic E-state index is 0. The number of thiophene rings is 2. The Morgan fingerprint density at radius 1 is 0.614 bits per heavy atom. The summed E-state index contributed by atoms with van der Waals surface area (Å²) in [5, 5.41) is 25.5. The molecular weight excluding hydrogens is 1170 g/mol. The summed E-state index contributed by atoms with van der Waals surface area (Å²) in [6.45, 7) is -1.73. The molecule has 0 bridgehead atoms. The molecule has 2 aliphatic rings. The van der Waals surface area contributed by atoms with Crippen LogP contribution in [-0.2, 0) is 32.3 Å². The number of carboxylic acid groups (broad SMARTS) is 1. The highest BCUT2D eigenvalue weighted by Crippen LogP contribution is 2.36. The van der Waals surface area contributed by atoms with Crippen LogP contribution in [-0.4, -0.2) is 126 Å². The first kappa shape index (κ1) is 61.9. The zero-order valence-corrected chi connectivity index (χ0v) is 45.1. The maximum Gasteiger partial charge on any atom is 0.345 e. The first-order chi connectivity index (χ1) is 38.6. The third kappa shape index (κ3) is 12.7. The van der Waals surface area contributed by atoms with Gasteiger partial charge >= 0.3 is 5.97 Å². The zero-order valence-electron chi connectivity index (χ0n) is 41.9. The fourth-order valence-corrected chi connectivity index (χ4v) is 11.9. The molecule has 8 N–H and O–H groups in total. The van der Waals surface area contributed by atoms with Crippen molar-refractivity contribution in [1.82, 2.24) is 34.7 Å². The number of rotatable bonds is 14. The summed E-state index contributed by atoms with van der Waals surface area (Å²) in [7, 11) is 1.45. The van der Waals surface area contributed by atoms with Gasteiger partial charge in [0.1, 0.15) is 42.4 Å². The van der Waals surface area contributed by atoms with Gasteiger partial charge in [0.05, 0.1) is 49.8 Å². The van der Waals surface area contributed by atoms with Gasteiger partial charge in [0.25, 0.3) is 17.7 Å². The molecule has 0 aliphatic carbocycles. The van der Waals surface area contributed by atoms with Crippen molar-refractivity contribution in [1.29, 1.82) is 0 Å². The maximum atomic E-state index is 15.4. The van der Waals surface area contributed by atoms with Gasteiger partial charge in [0.2, 0.25) is 23.6 Å². The number of nitrogens with two attached hydrogens (primary N) is 2. The molecule has 83 heavy (non-hydrogen) atoms. The van der Waals surface area contributed by atoms with E-state index < -0.39 is 103 Å². The number of fused-ring (bicyclic) bond motifs is 2. The van der Waals surface area contributed by atoms with Crippen LogP contribution in [0.1, 0.15) is 68.0 Å². The number of primary amides is 2. The molecule has 0 radical (unpaired) electrons. The molecule has 7 amide bonds. The second kappa shape index (κ2) is 25.6. The van der Waals surface area contributed by atoms with E-state index in [2.05, 4.69) is 26.1 Å². The van der Waals surface area contributed by atoms with E-state index in [9.17, 15) is 52.2 Å². The lowest BCUT2D eigenvalue weighted by Crippen LogP contribution is -2.44. The van der Waals surface area contributed by atoms with Crippen LogP contribution in [0.4, 0.5) is 28.9 Å². The van der Waals surface area contributed by atoms with Crippen molar-refractivity contribution in [2.24, 2.45) is 11.5 Å². The molecular formula is C55H51Cl2F4N11O9S2. The van der Waals surface area contributed by atoms with Gasteiger partial charge < -0.3 is 42.3 Å². The van der Waals surface area contributed by atoms with E-state index in [-0.39, 0.29) is 88.1 Å². The fourth-order valence-electron chi connectivity index (χ4n) is 9.35. The summed E-state index contributed by atoms with van der Waals surface area (Å²) in [5.41, 5.74) is 11.8. The van der Waals surface area contributed by atoms with Crippen molar-refractivity contribution in [3.05, 3.63) is 140 Å². The number of hydrogen-bond donors (Lipinski definition) is 6. The number of aromatic nitrogens is 4. The molecule has 28 heteroatoms. The summed E-state index contributed by atoms with van der Waals surface area (Å²) >= 11 is 14.2. The molecule has 2 aliphatic heterocycles. The standard InChI is InChI=1S/C27H23ClF2N6O4S.C26H20ClF2N5O5S.2CH4/c1-32-27(40)20-10-18-24(41-20)23(25(31)38)34-36(18)12-21(37)35-11-13(29)9-19(35)26(39)33-17-8-4-6-15(22(17)30)14-5-2-3-7-16(14)28;27-15-6-2-1-4-13(15)14-5-3-7-16(21(14)29)31-25(37)18-8-12(28)10-33(18)20(35)11-34-17-9-19(26(38)39)40-23(17)22(32-34)24(30)36;;/h2-8,10,13,19H,9,11-12H2,1H3,(H2,31,38)(H,32,40)(H,33,39);1-7,9,12,18H,8,10-11H2,(H2,30,36)(H,31,37)(H,38,39);2*1H4/t13-,19+;12-,18+;;/m11../s1. The molecule has 20 nitrogen and oxygen atoms in total. The van der Waals surface area contributed by atoms with Crippen molar-refractivity contribution in [2.75, 3.05) is 30.8 Å². The monoisotopic (exact) mass is 1220 g/mol. The molecule has 8 aromatic rings. The summed E-state index contributed by atoms with van der Waals surface area (Å²) < 4.78 is 62.6. The van der Waals surface area contributed by atoms with Gasteiger partial charge in [-0.25, -0.2) is 22.4 Å². The normalized spacial score (nSPS) is 16.3. The van der Waals surface area contributed by atoms with Crippen molar-refractivity contribution < 1.29 is 61.0 Å². The number of halogens is 6. The van der Waals surface area contributed by atoms with Crippen LogP contribution in [0.5, 0.6) is 0 Å². The van der Waals surface area contributed by atoms with E-state index in [0.717, 1.165) is 37.2 Å². The van der Waals surface area contributed by atoms with E-state index in [1.165, 1.54) is 54.2 Å². The van der Waals surface area contributed by atoms with Crippen molar-refractivity contribution >= 4 is 125 Å². The highest BCUT2D eigenvalue weighted by atomic mass is 35.5. The molecule has 6 heterocycles. The van der Waals surface area contributed by atoms with Crippen LogP contribution in [0.15, 0.2) is 97.1 Å². The number of amides is 7.